The summed E-state index contributed by atoms with van der Waals surface area (Å²) in [7, 11) is 0. The second-order valence-electron chi connectivity index (χ2n) is 4.01. The molecule has 0 saturated heterocycles. The maximum Gasteiger partial charge on any atom is 0.219 e. The first-order valence-electron chi connectivity index (χ1n) is 5.71. The van der Waals surface area contributed by atoms with E-state index in [1.165, 1.54) is 0 Å². The number of benzene rings is 2. The molecule has 0 aliphatic rings. The van der Waals surface area contributed by atoms with E-state index in [0.717, 1.165) is 21.0 Å². The maximum absolute atomic E-state index is 6.18. The van der Waals surface area contributed by atoms with Crippen LogP contribution in [-0.2, 0) is 0 Å². The third-order valence-corrected chi connectivity index (χ3v) is 3.54. The minimum Gasteiger partial charge on any atom is -0.438 e. The van der Waals surface area contributed by atoms with Gasteiger partial charge in [0.1, 0.15) is 5.75 Å². The van der Waals surface area contributed by atoms with Crippen molar-refractivity contribution < 1.29 is 4.74 Å². The standard InChI is InChI=1S/C15H9BrClNO/c16-10-5-8-15(18-9-10)19-14-7-6-13(17)11-3-1-2-4-12(11)14/h1-9H. The molecule has 19 heavy (non-hydrogen) atoms. The summed E-state index contributed by atoms with van der Waals surface area (Å²) in [4.78, 5) is 4.20. The van der Waals surface area contributed by atoms with Gasteiger partial charge in [-0.1, -0.05) is 35.9 Å². The first-order chi connectivity index (χ1) is 9.24. The van der Waals surface area contributed by atoms with E-state index >= 15 is 0 Å². The fourth-order valence-electron chi connectivity index (χ4n) is 1.86. The Labute approximate surface area is 124 Å². The van der Waals surface area contributed by atoms with Gasteiger partial charge in [0.05, 0.1) is 0 Å². The van der Waals surface area contributed by atoms with E-state index in [1.807, 2.05) is 48.5 Å². The highest BCUT2D eigenvalue weighted by atomic mass is 79.9. The lowest BCUT2D eigenvalue weighted by atomic mass is 10.1. The quantitative estimate of drug-likeness (QED) is 0.622. The maximum atomic E-state index is 6.18. The average Bonchev–Trinajstić information content (AvgIpc) is 2.45. The average molecular weight is 335 g/mol. The molecule has 0 aliphatic heterocycles. The summed E-state index contributed by atoms with van der Waals surface area (Å²) in [6, 6.07) is 15.3. The van der Waals surface area contributed by atoms with Crippen LogP contribution in [0.2, 0.25) is 5.02 Å². The summed E-state index contributed by atoms with van der Waals surface area (Å²) in [5.41, 5.74) is 0. The summed E-state index contributed by atoms with van der Waals surface area (Å²) in [6.45, 7) is 0. The van der Waals surface area contributed by atoms with Gasteiger partial charge in [-0.15, -0.1) is 0 Å². The monoisotopic (exact) mass is 333 g/mol. The number of fused-ring (bicyclic) bond motifs is 1. The molecule has 0 fully saturated rings. The van der Waals surface area contributed by atoms with Gasteiger partial charge in [-0.25, -0.2) is 4.98 Å². The molecule has 1 heterocycles. The van der Waals surface area contributed by atoms with Gasteiger partial charge in [0.15, 0.2) is 0 Å². The van der Waals surface area contributed by atoms with E-state index in [9.17, 15) is 0 Å². The Kier molecular flexibility index (Phi) is 3.40. The normalized spacial score (nSPS) is 10.6. The predicted molar refractivity (Wildman–Crippen MR) is 81.0 cm³/mol. The number of rotatable bonds is 2. The zero-order valence-electron chi connectivity index (χ0n) is 9.81. The van der Waals surface area contributed by atoms with Crippen LogP contribution < -0.4 is 4.74 Å². The molecule has 0 radical (unpaired) electrons. The molecule has 3 rings (SSSR count). The van der Waals surface area contributed by atoms with Gasteiger partial charge < -0.3 is 4.74 Å². The van der Waals surface area contributed by atoms with Gasteiger partial charge in [0.2, 0.25) is 5.88 Å². The minimum atomic E-state index is 0.552. The lowest BCUT2D eigenvalue weighted by molar-refractivity contribution is 0.468. The van der Waals surface area contributed by atoms with E-state index in [-0.39, 0.29) is 0 Å². The first kappa shape index (κ1) is 12.5. The molecule has 0 aliphatic carbocycles. The molecule has 1 aromatic heterocycles. The van der Waals surface area contributed by atoms with E-state index in [1.54, 1.807) is 6.20 Å². The number of aromatic nitrogens is 1. The van der Waals surface area contributed by atoms with Crippen LogP contribution in [0.15, 0.2) is 59.2 Å². The molecule has 4 heteroatoms. The molecule has 0 bridgehead atoms. The number of nitrogens with zero attached hydrogens (tertiary/aromatic N) is 1. The largest absolute Gasteiger partial charge is 0.438 e. The number of hydrogen-bond acceptors (Lipinski definition) is 2. The molecule has 3 aromatic rings. The zero-order valence-corrected chi connectivity index (χ0v) is 12.1. The highest BCUT2D eigenvalue weighted by molar-refractivity contribution is 9.10. The van der Waals surface area contributed by atoms with Crippen LogP contribution in [-0.4, -0.2) is 4.98 Å². The number of halogens is 2. The predicted octanol–water partition coefficient (Wildman–Crippen LogP) is 5.44. The Bertz CT molecular complexity index is 728. The minimum absolute atomic E-state index is 0.552. The van der Waals surface area contributed by atoms with Crippen molar-refractivity contribution >= 4 is 38.3 Å². The number of ether oxygens (including phenoxy) is 1. The smallest absolute Gasteiger partial charge is 0.219 e. The van der Waals surface area contributed by atoms with Crippen LogP contribution in [0.25, 0.3) is 10.8 Å². The van der Waals surface area contributed by atoms with Crippen molar-refractivity contribution in [1.82, 2.24) is 4.98 Å². The van der Waals surface area contributed by atoms with Crippen molar-refractivity contribution in [3.8, 4) is 11.6 Å². The van der Waals surface area contributed by atoms with Crippen molar-refractivity contribution in [2.45, 2.75) is 0 Å². The molecular weight excluding hydrogens is 326 g/mol. The Morgan fingerprint density at radius 3 is 2.47 bits per heavy atom. The molecule has 2 nitrogen and oxygen atoms in total. The molecule has 2 aromatic carbocycles. The zero-order chi connectivity index (χ0) is 13.2. The molecule has 0 amide bonds. The van der Waals surface area contributed by atoms with Gasteiger partial charge in [-0.05, 0) is 34.1 Å². The summed E-state index contributed by atoms with van der Waals surface area (Å²) < 4.78 is 6.73. The summed E-state index contributed by atoms with van der Waals surface area (Å²) >= 11 is 9.52. The second-order valence-corrected chi connectivity index (χ2v) is 5.33. The highest BCUT2D eigenvalue weighted by Gasteiger charge is 2.06. The van der Waals surface area contributed by atoms with Gasteiger partial charge in [0, 0.05) is 32.5 Å². The molecule has 0 unspecified atom stereocenters. The Balaban J connectivity index is 2.06. The lowest BCUT2D eigenvalue weighted by Crippen LogP contribution is -1.88. The Hall–Kier alpha value is -1.58. The lowest BCUT2D eigenvalue weighted by Gasteiger charge is -2.09. The van der Waals surface area contributed by atoms with Crippen molar-refractivity contribution in [3.63, 3.8) is 0 Å². The third-order valence-electron chi connectivity index (χ3n) is 2.75. The third kappa shape index (κ3) is 2.57. The van der Waals surface area contributed by atoms with E-state index < -0.39 is 0 Å². The van der Waals surface area contributed by atoms with Crippen molar-refractivity contribution in [2.75, 3.05) is 0 Å². The topological polar surface area (TPSA) is 22.1 Å². The fourth-order valence-corrected chi connectivity index (χ4v) is 2.32. The van der Waals surface area contributed by atoms with Crippen LogP contribution in [0.5, 0.6) is 11.6 Å². The van der Waals surface area contributed by atoms with Crippen LogP contribution in [0.4, 0.5) is 0 Å². The van der Waals surface area contributed by atoms with Crippen LogP contribution in [0, 0.1) is 0 Å². The molecular formula is C15H9BrClNO. The molecule has 0 spiro atoms. The fraction of sp³-hybridized carbons (Fsp3) is 0. The van der Waals surface area contributed by atoms with E-state index in [2.05, 4.69) is 20.9 Å². The number of pyridine rings is 1. The summed E-state index contributed by atoms with van der Waals surface area (Å²) in [6.07, 6.45) is 1.70. The van der Waals surface area contributed by atoms with E-state index in [0.29, 0.717) is 10.9 Å². The van der Waals surface area contributed by atoms with Gasteiger partial charge in [0.25, 0.3) is 0 Å². The van der Waals surface area contributed by atoms with Gasteiger partial charge >= 0.3 is 0 Å². The van der Waals surface area contributed by atoms with E-state index in [4.69, 9.17) is 16.3 Å². The first-order valence-corrected chi connectivity index (χ1v) is 6.88. The van der Waals surface area contributed by atoms with Gasteiger partial charge in [-0.2, -0.15) is 0 Å². The summed E-state index contributed by atoms with van der Waals surface area (Å²) in [5, 5.41) is 2.66. The van der Waals surface area contributed by atoms with Crippen LogP contribution in [0.1, 0.15) is 0 Å². The number of hydrogen-bond donors (Lipinski definition) is 0. The van der Waals surface area contributed by atoms with Crippen molar-refractivity contribution in [1.29, 1.82) is 0 Å². The Morgan fingerprint density at radius 1 is 0.947 bits per heavy atom. The molecule has 0 N–H and O–H groups in total. The highest BCUT2D eigenvalue weighted by Crippen LogP contribution is 2.33. The molecule has 0 atom stereocenters. The molecule has 94 valence electrons. The van der Waals surface area contributed by atoms with Gasteiger partial charge in [-0.3, -0.25) is 0 Å². The summed E-state index contributed by atoms with van der Waals surface area (Å²) in [5.74, 6) is 1.30. The molecule has 0 saturated carbocycles. The SMILES string of the molecule is Clc1ccc(Oc2ccc(Br)cn2)c2ccccc12. The van der Waals surface area contributed by atoms with Crippen LogP contribution in [0.3, 0.4) is 0 Å². The van der Waals surface area contributed by atoms with Crippen LogP contribution >= 0.6 is 27.5 Å². The van der Waals surface area contributed by atoms with Crippen molar-refractivity contribution in [3.05, 3.63) is 64.2 Å². The van der Waals surface area contributed by atoms with Crippen molar-refractivity contribution in [2.24, 2.45) is 0 Å². The Morgan fingerprint density at radius 2 is 1.74 bits per heavy atom. The second kappa shape index (κ2) is 5.19.